The van der Waals surface area contributed by atoms with Crippen LogP contribution >= 0.6 is 0 Å². The Balaban J connectivity index is 2.24. The van der Waals surface area contributed by atoms with Gasteiger partial charge in [-0.25, -0.2) is 0 Å². The highest BCUT2D eigenvalue weighted by molar-refractivity contribution is 6.30. The molecule has 0 fully saturated rings. The molecule has 2 aromatic carbocycles. The summed E-state index contributed by atoms with van der Waals surface area (Å²) in [4.78, 5) is 26.1. The van der Waals surface area contributed by atoms with Gasteiger partial charge in [0.2, 0.25) is 0 Å². The van der Waals surface area contributed by atoms with E-state index < -0.39 is 0 Å². The Labute approximate surface area is 146 Å². The van der Waals surface area contributed by atoms with Crippen molar-refractivity contribution in [1.29, 1.82) is 0 Å². The first-order chi connectivity index (χ1) is 12.1. The summed E-state index contributed by atoms with van der Waals surface area (Å²) in [5, 5.41) is 0. The molecule has 4 heteroatoms. The molecule has 0 radical (unpaired) electrons. The van der Waals surface area contributed by atoms with Crippen LogP contribution in [0.25, 0.3) is 6.08 Å². The highest BCUT2D eigenvalue weighted by Crippen LogP contribution is 2.39. The van der Waals surface area contributed by atoms with Crippen LogP contribution in [0.2, 0.25) is 0 Å². The predicted molar refractivity (Wildman–Crippen MR) is 96.7 cm³/mol. The number of allylic oxidation sites excluding steroid dienone is 1. The molecular weight excluding hydrogens is 316 g/mol. The molecule has 1 aliphatic rings. The van der Waals surface area contributed by atoms with Crippen molar-refractivity contribution < 1.29 is 19.1 Å². The lowest BCUT2D eigenvalue weighted by Crippen LogP contribution is -2.23. The Morgan fingerprint density at radius 2 is 1.76 bits per heavy atom. The van der Waals surface area contributed by atoms with Crippen LogP contribution in [0.1, 0.15) is 44.3 Å². The van der Waals surface area contributed by atoms with Crippen molar-refractivity contribution in [2.24, 2.45) is 0 Å². The molecule has 0 saturated heterocycles. The number of hydrogen-bond acceptors (Lipinski definition) is 4. The lowest BCUT2D eigenvalue weighted by molar-refractivity contribution is 0.0973. The number of ketones is 2. The average molecular weight is 334 g/mol. The van der Waals surface area contributed by atoms with E-state index in [1.54, 1.807) is 36.4 Å². The van der Waals surface area contributed by atoms with Crippen LogP contribution in [-0.4, -0.2) is 25.3 Å². The molecule has 0 saturated carbocycles. The molecule has 0 amide bonds. The summed E-state index contributed by atoms with van der Waals surface area (Å²) in [7, 11) is 1.50. The molecule has 0 N–H and O–H groups in total. The van der Waals surface area contributed by atoms with Crippen LogP contribution in [0.4, 0.5) is 0 Å². The lowest BCUT2D eigenvalue weighted by Gasteiger charge is -2.22. The van der Waals surface area contributed by atoms with Gasteiger partial charge < -0.3 is 9.47 Å². The molecule has 4 nitrogen and oxygen atoms in total. The van der Waals surface area contributed by atoms with Crippen molar-refractivity contribution in [3.8, 4) is 11.5 Å². The monoisotopic (exact) mass is 334 g/mol. The maximum atomic E-state index is 13.1. The van der Waals surface area contributed by atoms with E-state index in [0.717, 1.165) is 5.56 Å². The third kappa shape index (κ3) is 2.66. The largest absolute Gasteiger partial charge is 0.495 e. The van der Waals surface area contributed by atoms with Gasteiger partial charge in [-0.05, 0) is 19.1 Å². The maximum Gasteiger partial charge on any atom is 0.198 e. The highest BCUT2D eigenvalue weighted by atomic mass is 16.5. The minimum Gasteiger partial charge on any atom is -0.495 e. The lowest BCUT2D eigenvalue weighted by atomic mass is 9.82. The Morgan fingerprint density at radius 3 is 2.44 bits per heavy atom. The first-order valence-electron chi connectivity index (χ1n) is 7.93. The fourth-order valence-electron chi connectivity index (χ4n) is 3.04. The van der Waals surface area contributed by atoms with Gasteiger partial charge in [-0.2, -0.15) is 0 Å². The summed E-state index contributed by atoms with van der Waals surface area (Å²) in [5.74, 6) is 0.321. The Bertz CT molecular complexity index is 906. The zero-order valence-electron chi connectivity index (χ0n) is 14.2. The Hall–Kier alpha value is -3.14. The van der Waals surface area contributed by atoms with Crippen LogP contribution in [0, 0.1) is 0 Å². The number of fused-ring (bicyclic) bond motifs is 2. The van der Waals surface area contributed by atoms with Gasteiger partial charge in [0.15, 0.2) is 11.6 Å². The quantitative estimate of drug-likeness (QED) is 0.660. The molecule has 0 heterocycles. The number of benzene rings is 2. The summed E-state index contributed by atoms with van der Waals surface area (Å²) < 4.78 is 11.0. The second kappa shape index (κ2) is 6.77. The minimum atomic E-state index is -0.241. The first-order valence-corrected chi connectivity index (χ1v) is 7.93. The molecule has 0 spiro atoms. The van der Waals surface area contributed by atoms with Gasteiger partial charge in [0.1, 0.15) is 18.1 Å². The van der Waals surface area contributed by atoms with Gasteiger partial charge >= 0.3 is 0 Å². The Morgan fingerprint density at radius 1 is 1.04 bits per heavy atom. The van der Waals surface area contributed by atoms with Crippen molar-refractivity contribution in [2.45, 2.75) is 6.92 Å². The fraction of sp³-hybridized carbons (Fsp3) is 0.143. The molecular formula is C21H18O4. The number of carbonyl (C=O) groups excluding carboxylic acids is 2. The van der Waals surface area contributed by atoms with Crippen LogP contribution < -0.4 is 9.47 Å². The van der Waals surface area contributed by atoms with Crippen LogP contribution in [-0.2, 0) is 0 Å². The van der Waals surface area contributed by atoms with Gasteiger partial charge in [0.05, 0.1) is 18.2 Å². The smallest absolute Gasteiger partial charge is 0.198 e. The molecule has 2 aromatic rings. The van der Waals surface area contributed by atoms with E-state index >= 15 is 0 Å². The van der Waals surface area contributed by atoms with Crippen LogP contribution in [0.5, 0.6) is 11.5 Å². The minimum absolute atomic E-state index is 0.239. The van der Waals surface area contributed by atoms with E-state index in [9.17, 15) is 9.59 Å². The van der Waals surface area contributed by atoms with Crippen molar-refractivity contribution in [1.82, 2.24) is 0 Å². The van der Waals surface area contributed by atoms with Crippen LogP contribution in [0.15, 0.2) is 49.1 Å². The number of hydrogen-bond donors (Lipinski definition) is 0. The molecule has 25 heavy (non-hydrogen) atoms. The summed E-state index contributed by atoms with van der Waals surface area (Å²) in [6.45, 7) is 5.75. The zero-order valence-corrected chi connectivity index (χ0v) is 14.2. The van der Waals surface area contributed by atoms with Gasteiger partial charge in [-0.3, -0.25) is 9.59 Å². The van der Waals surface area contributed by atoms with Crippen molar-refractivity contribution in [3.05, 3.63) is 76.9 Å². The van der Waals surface area contributed by atoms with Crippen molar-refractivity contribution in [2.75, 3.05) is 13.7 Å². The number of carbonyl (C=O) groups is 2. The van der Waals surface area contributed by atoms with E-state index in [0.29, 0.717) is 33.8 Å². The highest BCUT2D eigenvalue weighted by Gasteiger charge is 2.35. The maximum absolute atomic E-state index is 13.1. The summed E-state index contributed by atoms with van der Waals surface area (Å²) >= 11 is 0. The fourth-order valence-corrected chi connectivity index (χ4v) is 3.04. The van der Waals surface area contributed by atoms with Gasteiger partial charge in [-0.15, -0.1) is 0 Å². The van der Waals surface area contributed by atoms with E-state index in [2.05, 4.69) is 6.58 Å². The molecule has 1 aliphatic carbocycles. The molecule has 126 valence electrons. The third-order valence-electron chi connectivity index (χ3n) is 4.06. The van der Waals surface area contributed by atoms with Gasteiger partial charge in [-0.1, -0.05) is 43.0 Å². The normalized spacial score (nSPS) is 12.7. The van der Waals surface area contributed by atoms with Gasteiger partial charge in [0, 0.05) is 16.7 Å². The first kappa shape index (κ1) is 16.7. The molecule has 0 bridgehead atoms. The number of rotatable bonds is 5. The molecule has 0 aromatic heterocycles. The standard InChI is InChI=1S/C21H18O4/c1-4-7-13-10-11-15-18(21(13)24-3)20(23)14-8-6-9-16(25-12-5-2)17(14)19(15)22/h4-11H,2,12H2,1,3H3/b7-4+. The Kier molecular flexibility index (Phi) is 4.52. The van der Waals surface area contributed by atoms with Crippen LogP contribution in [0.3, 0.4) is 0 Å². The summed E-state index contributed by atoms with van der Waals surface area (Å²) in [6.07, 6.45) is 5.29. The molecule has 3 rings (SSSR count). The second-order valence-corrected chi connectivity index (χ2v) is 5.55. The van der Waals surface area contributed by atoms with E-state index in [-0.39, 0.29) is 18.2 Å². The van der Waals surface area contributed by atoms with Crippen molar-refractivity contribution >= 4 is 17.6 Å². The van der Waals surface area contributed by atoms with E-state index in [1.807, 2.05) is 19.1 Å². The zero-order chi connectivity index (χ0) is 18.0. The van der Waals surface area contributed by atoms with Crippen molar-refractivity contribution in [3.63, 3.8) is 0 Å². The average Bonchev–Trinajstić information content (AvgIpc) is 2.63. The number of methoxy groups -OCH3 is 1. The predicted octanol–water partition coefficient (Wildman–Crippen LogP) is 4.07. The summed E-state index contributed by atoms with van der Waals surface area (Å²) in [5.41, 5.74) is 2.01. The SMILES string of the molecule is C=CCOc1cccc2c1C(=O)c1ccc(/C=C/C)c(OC)c1C2=O. The number of ether oxygens (including phenoxy) is 2. The summed E-state index contributed by atoms with van der Waals surface area (Å²) in [6, 6.07) is 8.47. The topological polar surface area (TPSA) is 52.6 Å². The van der Waals surface area contributed by atoms with Gasteiger partial charge in [0.25, 0.3) is 0 Å². The second-order valence-electron chi connectivity index (χ2n) is 5.55. The van der Waals surface area contributed by atoms with E-state index in [4.69, 9.17) is 9.47 Å². The molecule has 0 unspecified atom stereocenters. The third-order valence-corrected chi connectivity index (χ3v) is 4.06. The molecule has 0 aliphatic heterocycles. The molecule has 0 atom stereocenters. The van der Waals surface area contributed by atoms with E-state index in [1.165, 1.54) is 7.11 Å².